The van der Waals surface area contributed by atoms with E-state index in [1.807, 2.05) is 0 Å². The van der Waals surface area contributed by atoms with Gasteiger partial charge >= 0.3 is 0 Å². The van der Waals surface area contributed by atoms with Crippen molar-refractivity contribution in [3.63, 3.8) is 0 Å². The zero-order valence-electron chi connectivity index (χ0n) is 8.88. The van der Waals surface area contributed by atoms with E-state index in [4.69, 9.17) is 9.47 Å². The number of methoxy groups -OCH3 is 1. The lowest BCUT2D eigenvalue weighted by atomic mass is 10.2. The fraction of sp³-hybridized carbons (Fsp3) is 1.00. The van der Waals surface area contributed by atoms with Gasteiger partial charge in [-0.1, -0.05) is 0 Å². The molecule has 13 heavy (non-hydrogen) atoms. The molecule has 1 N–H and O–H groups in total. The van der Waals surface area contributed by atoms with E-state index in [0.29, 0.717) is 18.3 Å². The molecule has 0 aromatic heterocycles. The first kappa shape index (κ1) is 11.0. The first-order valence-electron chi connectivity index (χ1n) is 5.11. The van der Waals surface area contributed by atoms with E-state index in [2.05, 4.69) is 19.2 Å². The molecule has 1 fully saturated rings. The summed E-state index contributed by atoms with van der Waals surface area (Å²) in [7, 11) is 1.74. The lowest BCUT2D eigenvalue weighted by molar-refractivity contribution is 0.0519. The van der Waals surface area contributed by atoms with E-state index in [9.17, 15) is 0 Å². The van der Waals surface area contributed by atoms with Gasteiger partial charge < -0.3 is 14.8 Å². The first-order chi connectivity index (χ1) is 6.22. The standard InChI is InChI=1S/C10H21NO2/c1-8-4-5-10(13-8)7-11-6-9(2)12-3/h8-11H,4-7H2,1-3H3. The van der Waals surface area contributed by atoms with E-state index < -0.39 is 0 Å². The van der Waals surface area contributed by atoms with E-state index in [0.717, 1.165) is 13.1 Å². The summed E-state index contributed by atoms with van der Waals surface area (Å²) in [5.41, 5.74) is 0. The smallest absolute Gasteiger partial charge is 0.0704 e. The third kappa shape index (κ3) is 4.07. The van der Waals surface area contributed by atoms with Gasteiger partial charge in [-0.3, -0.25) is 0 Å². The Kier molecular flexibility index (Phi) is 4.70. The van der Waals surface area contributed by atoms with Crippen LogP contribution in [0.4, 0.5) is 0 Å². The quantitative estimate of drug-likeness (QED) is 0.701. The number of nitrogens with one attached hydrogen (secondary N) is 1. The Morgan fingerprint density at radius 3 is 2.85 bits per heavy atom. The van der Waals surface area contributed by atoms with Crippen LogP contribution >= 0.6 is 0 Å². The third-order valence-electron chi connectivity index (χ3n) is 2.53. The molecule has 3 unspecified atom stereocenters. The van der Waals surface area contributed by atoms with Gasteiger partial charge in [-0.05, 0) is 26.7 Å². The molecule has 1 rings (SSSR count). The first-order valence-corrected chi connectivity index (χ1v) is 5.11. The van der Waals surface area contributed by atoms with Gasteiger partial charge in [-0.15, -0.1) is 0 Å². The van der Waals surface area contributed by atoms with Crippen LogP contribution in [0.1, 0.15) is 26.7 Å². The minimum Gasteiger partial charge on any atom is -0.380 e. The average Bonchev–Trinajstić information content (AvgIpc) is 2.51. The number of ether oxygens (including phenoxy) is 2. The normalized spacial score (nSPS) is 30.7. The summed E-state index contributed by atoms with van der Waals surface area (Å²) in [5.74, 6) is 0. The average molecular weight is 187 g/mol. The van der Waals surface area contributed by atoms with Crippen LogP contribution in [0.25, 0.3) is 0 Å². The molecule has 1 heterocycles. The minimum atomic E-state index is 0.291. The Morgan fingerprint density at radius 1 is 1.54 bits per heavy atom. The lowest BCUT2D eigenvalue weighted by Gasteiger charge is -2.14. The van der Waals surface area contributed by atoms with Gasteiger partial charge in [0.2, 0.25) is 0 Å². The molecule has 0 aliphatic carbocycles. The van der Waals surface area contributed by atoms with Gasteiger partial charge in [-0.2, -0.15) is 0 Å². The maximum absolute atomic E-state index is 5.67. The van der Waals surface area contributed by atoms with Crippen LogP contribution in [0.15, 0.2) is 0 Å². The zero-order valence-corrected chi connectivity index (χ0v) is 8.88. The monoisotopic (exact) mass is 187 g/mol. The Hall–Kier alpha value is -0.120. The number of hydrogen-bond donors (Lipinski definition) is 1. The molecule has 0 spiro atoms. The van der Waals surface area contributed by atoms with Crippen molar-refractivity contribution in [2.45, 2.75) is 45.0 Å². The van der Waals surface area contributed by atoms with Gasteiger partial charge in [0, 0.05) is 20.2 Å². The topological polar surface area (TPSA) is 30.5 Å². The summed E-state index contributed by atoms with van der Waals surface area (Å²) in [5, 5.41) is 3.35. The molecule has 1 aliphatic rings. The molecule has 0 radical (unpaired) electrons. The van der Waals surface area contributed by atoms with Crippen LogP contribution in [-0.4, -0.2) is 38.5 Å². The second-order valence-corrected chi connectivity index (χ2v) is 3.85. The van der Waals surface area contributed by atoms with Crippen LogP contribution in [0, 0.1) is 0 Å². The van der Waals surface area contributed by atoms with Crippen molar-refractivity contribution in [1.29, 1.82) is 0 Å². The van der Waals surface area contributed by atoms with Crippen molar-refractivity contribution in [2.24, 2.45) is 0 Å². The molecule has 3 nitrogen and oxygen atoms in total. The van der Waals surface area contributed by atoms with Gasteiger partial charge in [-0.25, -0.2) is 0 Å². The molecule has 0 bridgehead atoms. The van der Waals surface area contributed by atoms with Crippen molar-refractivity contribution in [2.75, 3.05) is 20.2 Å². The molecule has 3 atom stereocenters. The Balaban J connectivity index is 2.00. The van der Waals surface area contributed by atoms with E-state index in [-0.39, 0.29) is 0 Å². The van der Waals surface area contributed by atoms with Crippen LogP contribution in [-0.2, 0) is 9.47 Å². The highest BCUT2D eigenvalue weighted by molar-refractivity contribution is 4.72. The van der Waals surface area contributed by atoms with Crippen LogP contribution in [0.2, 0.25) is 0 Å². The molecular weight excluding hydrogens is 166 g/mol. The molecule has 1 aliphatic heterocycles. The SMILES string of the molecule is COC(C)CNCC1CCC(C)O1. The summed E-state index contributed by atoms with van der Waals surface area (Å²) in [6.07, 6.45) is 3.55. The molecule has 78 valence electrons. The highest BCUT2D eigenvalue weighted by atomic mass is 16.5. The maximum atomic E-state index is 5.67. The summed E-state index contributed by atoms with van der Waals surface area (Å²) in [6, 6.07) is 0. The molecule has 3 heteroatoms. The highest BCUT2D eigenvalue weighted by Crippen LogP contribution is 2.17. The zero-order chi connectivity index (χ0) is 9.68. The largest absolute Gasteiger partial charge is 0.380 e. The second kappa shape index (κ2) is 5.58. The van der Waals surface area contributed by atoms with Crippen LogP contribution in [0.5, 0.6) is 0 Å². The Labute approximate surface area is 80.8 Å². The molecule has 1 saturated heterocycles. The molecule has 0 aromatic rings. The van der Waals surface area contributed by atoms with E-state index >= 15 is 0 Å². The molecular formula is C10H21NO2. The van der Waals surface area contributed by atoms with Crippen LogP contribution < -0.4 is 5.32 Å². The van der Waals surface area contributed by atoms with Crippen molar-refractivity contribution < 1.29 is 9.47 Å². The number of rotatable bonds is 5. The fourth-order valence-corrected chi connectivity index (χ4v) is 1.57. The van der Waals surface area contributed by atoms with Crippen molar-refractivity contribution >= 4 is 0 Å². The van der Waals surface area contributed by atoms with Crippen molar-refractivity contribution in [1.82, 2.24) is 5.32 Å². The molecule has 0 amide bonds. The van der Waals surface area contributed by atoms with Crippen molar-refractivity contribution in [3.8, 4) is 0 Å². The Bertz CT molecular complexity index is 141. The van der Waals surface area contributed by atoms with Crippen LogP contribution in [0.3, 0.4) is 0 Å². The fourth-order valence-electron chi connectivity index (χ4n) is 1.57. The summed E-state index contributed by atoms with van der Waals surface area (Å²) >= 11 is 0. The highest BCUT2D eigenvalue weighted by Gasteiger charge is 2.20. The Morgan fingerprint density at radius 2 is 2.31 bits per heavy atom. The van der Waals surface area contributed by atoms with E-state index in [1.54, 1.807) is 7.11 Å². The van der Waals surface area contributed by atoms with Gasteiger partial charge in [0.25, 0.3) is 0 Å². The third-order valence-corrected chi connectivity index (χ3v) is 2.53. The maximum Gasteiger partial charge on any atom is 0.0704 e. The predicted octanol–water partition coefficient (Wildman–Crippen LogP) is 1.18. The van der Waals surface area contributed by atoms with Gasteiger partial charge in [0.1, 0.15) is 0 Å². The molecule has 0 saturated carbocycles. The lowest BCUT2D eigenvalue weighted by Crippen LogP contribution is -2.32. The molecule has 0 aromatic carbocycles. The van der Waals surface area contributed by atoms with Gasteiger partial charge in [0.05, 0.1) is 18.3 Å². The van der Waals surface area contributed by atoms with Gasteiger partial charge in [0.15, 0.2) is 0 Å². The van der Waals surface area contributed by atoms with E-state index in [1.165, 1.54) is 12.8 Å². The summed E-state index contributed by atoms with van der Waals surface area (Å²) in [4.78, 5) is 0. The minimum absolute atomic E-state index is 0.291. The van der Waals surface area contributed by atoms with Crippen molar-refractivity contribution in [3.05, 3.63) is 0 Å². The number of hydrogen-bond acceptors (Lipinski definition) is 3. The second-order valence-electron chi connectivity index (χ2n) is 3.85. The summed E-state index contributed by atoms with van der Waals surface area (Å²) < 4.78 is 10.8. The summed E-state index contributed by atoms with van der Waals surface area (Å²) in [6.45, 7) is 6.06. The predicted molar refractivity (Wildman–Crippen MR) is 52.9 cm³/mol.